The molecule has 0 atom stereocenters. The summed E-state index contributed by atoms with van der Waals surface area (Å²) < 4.78 is 11.7. The van der Waals surface area contributed by atoms with E-state index in [0.29, 0.717) is 18.9 Å². The van der Waals surface area contributed by atoms with Gasteiger partial charge in [0.2, 0.25) is 0 Å². The molecule has 0 unspecified atom stereocenters. The fourth-order valence-corrected chi connectivity index (χ4v) is 8.96. The van der Waals surface area contributed by atoms with Gasteiger partial charge in [-0.3, -0.25) is 0 Å². The van der Waals surface area contributed by atoms with E-state index in [0.717, 1.165) is 51.4 Å². The van der Waals surface area contributed by atoms with E-state index in [-0.39, 0.29) is 0 Å². The summed E-state index contributed by atoms with van der Waals surface area (Å²) in [4.78, 5) is 31.2. The zero-order valence-corrected chi connectivity index (χ0v) is 22.7. The van der Waals surface area contributed by atoms with Gasteiger partial charge in [0.15, 0.2) is 0 Å². The predicted molar refractivity (Wildman–Crippen MR) is 137 cm³/mol. The molecule has 0 aliphatic heterocycles. The molecule has 0 saturated carbocycles. The summed E-state index contributed by atoms with van der Waals surface area (Å²) in [6.07, 6.45) is 21.0. The molecular weight excluding hydrogens is 430 g/mol. The van der Waals surface area contributed by atoms with Crippen LogP contribution in [0.25, 0.3) is 0 Å². The van der Waals surface area contributed by atoms with Crippen molar-refractivity contribution in [1.82, 2.24) is 0 Å². The zero-order chi connectivity index (χ0) is 23.3. The van der Waals surface area contributed by atoms with Crippen LogP contribution >= 0.6 is 15.9 Å². The Labute approximate surface area is 194 Å². The van der Waals surface area contributed by atoms with Gasteiger partial charge in [-0.1, -0.05) is 0 Å². The molecule has 190 valence electrons. The van der Waals surface area contributed by atoms with Crippen molar-refractivity contribution in [3.05, 3.63) is 0 Å². The van der Waals surface area contributed by atoms with Gasteiger partial charge in [-0.15, -0.1) is 0 Å². The Kier molecular flexibility index (Phi) is 20.5. The van der Waals surface area contributed by atoms with E-state index in [1.165, 1.54) is 64.2 Å². The molecule has 0 fully saturated rings. The molecule has 0 radical (unpaired) electrons. The maximum atomic E-state index is 11.8. The topological polar surface area (TPSA) is 79.2 Å². The Morgan fingerprint density at radius 1 is 0.548 bits per heavy atom. The number of unbranched alkanes of at least 4 members (excludes halogenated alkanes) is 15. The fourth-order valence-electron chi connectivity index (χ4n) is 4.07. The molecule has 5 nitrogen and oxygen atoms in total. The maximum absolute atomic E-state index is 11.8. The Bertz CT molecular complexity index is 380. The van der Waals surface area contributed by atoms with E-state index >= 15 is 0 Å². The van der Waals surface area contributed by atoms with Gasteiger partial charge in [-0.05, 0) is 0 Å². The van der Waals surface area contributed by atoms with Crippen molar-refractivity contribution in [2.45, 2.75) is 136 Å². The summed E-state index contributed by atoms with van der Waals surface area (Å²) >= 11 is 0. The Hall–Kier alpha value is 0.660. The minimum atomic E-state index is -4.04. The molecule has 0 rings (SSSR count). The van der Waals surface area contributed by atoms with Crippen LogP contribution in [-0.2, 0) is 8.83 Å². The van der Waals surface area contributed by atoms with E-state index in [4.69, 9.17) is 8.83 Å². The van der Waals surface area contributed by atoms with Crippen LogP contribution in [0, 0.1) is 0 Å². The van der Waals surface area contributed by atoms with Crippen molar-refractivity contribution in [2.75, 3.05) is 18.9 Å². The fraction of sp³-hybridized carbons (Fsp3) is 1.00. The van der Waals surface area contributed by atoms with E-state index in [9.17, 15) is 14.7 Å². The monoisotopic (exact) mass is 484 g/mol. The van der Waals surface area contributed by atoms with Crippen LogP contribution < -0.4 is 0 Å². The standard InChI is InChI=1S/C24H54O5P2/c1-4-7-10-13-16-19-22-28-31(27,29-30(25)26,23-20-17-14-11-8-5-2)24-21-18-15-12-9-6-3/h25-27H,4-24H2,1-3H3. The van der Waals surface area contributed by atoms with Crippen molar-refractivity contribution < 1.29 is 23.5 Å². The summed E-state index contributed by atoms with van der Waals surface area (Å²) in [5, 5.41) is 0. The molecule has 0 saturated heterocycles. The van der Waals surface area contributed by atoms with Gasteiger partial charge < -0.3 is 0 Å². The van der Waals surface area contributed by atoms with Crippen LogP contribution in [0.1, 0.15) is 136 Å². The van der Waals surface area contributed by atoms with Crippen LogP contribution in [0.4, 0.5) is 0 Å². The first kappa shape index (κ1) is 31.7. The number of rotatable bonds is 24. The normalized spacial score (nSPS) is 13.6. The second-order valence-corrected chi connectivity index (χ2v) is 14.0. The molecule has 0 amide bonds. The van der Waals surface area contributed by atoms with Crippen molar-refractivity contribution in [3.8, 4) is 0 Å². The Morgan fingerprint density at radius 2 is 0.903 bits per heavy atom. The first-order valence-electron chi connectivity index (χ1n) is 13.2. The van der Waals surface area contributed by atoms with Crippen molar-refractivity contribution >= 4 is 15.9 Å². The predicted octanol–water partition coefficient (Wildman–Crippen LogP) is 8.60. The molecule has 0 bridgehead atoms. The second-order valence-electron chi connectivity index (χ2n) is 9.18. The summed E-state index contributed by atoms with van der Waals surface area (Å²) in [5.74, 6) is 0. The molecule has 7 heteroatoms. The van der Waals surface area contributed by atoms with Gasteiger partial charge in [0.05, 0.1) is 0 Å². The van der Waals surface area contributed by atoms with E-state index in [2.05, 4.69) is 20.8 Å². The third kappa shape index (κ3) is 17.8. The van der Waals surface area contributed by atoms with Crippen LogP contribution in [0.15, 0.2) is 0 Å². The molecule has 31 heavy (non-hydrogen) atoms. The van der Waals surface area contributed by atoms with Gasteiger partial charge in [0.1, 0.15) is 0 Å². The summed E-state index contributed by atoms with van der Waals surface area (Å²) in [7, 11) is -6.68. The molecule has 0 aromatic rings. The molecule has 3 N–H and O–H groups in total. The average molecular weight is 485 g/mol. The van der Waals surface area contributed by atoms with Crippen molar-refractivity contribution in [3.63, 3.8) is 0 Å². The van der Waals surface area contributed by atoms with Gasteiger partial charge >= 0.3 is 195 Å². The average Bonchev–Trinajstić information content (AvgIpc) is 2.72. The van der Waals surface area contributed by atoms with Gasteiger partial charge in [0.25, 0.3) is 0 Å². The molecule has 0 spiro atoms. The zero-order valence-electron chi connectivity index (χ0n) is 20.9. The van der Waals surface area contributed by atoms with E-state index in [1.54, 1.807) is 0 Å². The summed E-state index contributed by atoms with van der Waals surface area (Å²) in [6, 6.07) is 0. The second kappa shape index (κ2) is 20.1. The van der Waals surface area contributed by atoms with E-state index < -0.39 is 15.9 Å². The molecule has 0 aromatic carbocycles. The molecule has 0 aliphatic carbocycles. The van der Waals surface area contributed by atoms with Gasteiger partial charge in [0, 0.05) is 0 Å². The molecule has 0 aromatic heterocycles. The van der Waals surface area contributed by atoms with Crippen LogP contribution in [0.2, 0.25) is 0 Å². The molecular formula is C24H54O5P2. The van der Waals surface area contributed by atoms with Crippen LogP contribution in [0.3, 0.4) is 0 Å². The third-order valence-electron chi connectivity index (χ3n) is 6.05. The quantitative estimate of drug-likeness (QED) is 0.0944. The first-order chi connectivity index (χ1) is 14.9. The van der Waals surface area contributed by atoms with Crippen molar-refractivity contribution in [1.29, 1.82) is 0 Å². The summed E-state index contributed by atoms with van der Waals surface area (Å²) in [5.41, 5.74) is 0. The van der Waals surface area contributed by atoms with Gasteiger partial charge in [-0.2, -0.15) is 0 Å². The van der Waals surface area contributed by atoms with E-state index in [1.807, 2.05) is 0 Å². The SMILES string of the molecule is CCCCCCCCOP(O)(CCCCCCCC)(CCCCCCCC)OP(O)O. The minimum absolute atomic E-state index is 0.419. The molecule has 0 aliphatic rings. The summed E-state index contributed by atoms with van der Waals surface area (Å²) in [6.45, 7) is 7.06. The van der Waals surface area contributed by atoms with Crippen LogP contribution in [0.5, 0.6) is 0 Å². The molecule has 0 heterocycles. The van der Waals surface area contributed by atoms with Crippen molar-refractivity contribution in [2.24, 2.45) is 0 Å². The Morgan fingerprint density at radius 3 is 1.29 bits per heavy atom. The third-order valence-corrected chi connectivity index (χ3v) is 11.3. The number of hydrogen-bond donors (Lipinski definition) is 3. The first-order valence-corrected chi connectivity index (χ1v) is 16.8. The Balaban J connectivity index is 4.83. The van der Waals surface area contributed by atoms with Crippen LogP contribution in [-0.4, -0.2) is 33.6 Å². The van der Waals surface area contributed by atoms with Gasteiger partial charge in [-0.25, -0.2) is 0 Å². The number of hydrogen-bond acceptors (Lipinski definition) is 5.